The van der Waals surface area contributed by atoms with E-state index in [1.54, 1.807) is 0 Å². The van der Waals surface area contributed by atoms with Crippen molar-refractivity contribution in [2.75, 3.05) is 13.2 Å². The maximum Gasteiger partial charge on any atom is 0.0646 e. The summed E-state index contributed by atoms with van der Waals surface area (Å²) < 4.78 is 6.11. The van der Waals surface area contributed by atoms with Gasteiger partial charge in [0.1, 0.15) is 0 Å². The van der Waals surface area contributed by atoms with Crippen molar-refractivity contribution < 1.29 is 4.74 Å². The maximum atomic E-state index is 6.11. The molecule has 3 rings (SSSR count). The number of hydrogen-bond acceptors (Lipinski definition) is 2. The summed E-state index contributed by atoms with van der Waals surface area (Å²) in [5, 5.41) is 3.70. The summed E-state index contributed by atoms with van der Waals surface area (Å²) in [6.45, 7) is 2.18. The third-order valence-electron chi connectivity index (χ3n) is 4.51. The molecule has 1 aliphatic heterocycles. The molecule has 1 saturated carbocycles. The average Bonchev–Trinajstić information content (AvgIpc) is 3.22. The highest BCUT2D eigenvalue weighted by molar-refractivity contribution is 4.95. The van der Waals surface area contributed by atoms with Crippen LogP contribution in [0.1, 0.15) is 44.9 Å². The Hall–Kier alpha value is -0.340. The van der Waals surface area contributed by atoms with Gasteiger partial charge in [-0.3, -0.25) is 0 Å². The number of nitrogens with one attached hydrogen (secondary N) is 1. The van der Waals surface area contributed by atoms with Crippen molar-refractivity contribution in [2.24, 2.45) is 11.8 Å². The van der Waals surface area contributed by atoms with Crippen LogP contribution in [0.5, 0.6) is 0 Å². The number of hydrogen-bond donors (Lipinski definition) is 1. The van der Waals surface area contributed by atoms with E-state index >= 15 is 0 Å². The molecule has 3 atom stereocenters. The monoisotopic (exact) mass is 235 g/mol. The summed E-state index contributed by atoms with van der Waals surface area (Å²) >= 11 is 0. The van der Waals surface area contributed by atoms with Crippen LogP contribution in [0.4, 0.5) is 0 Å². The fourth-order valence-electron chi connectivity index (χ4n) is 3.33. The number of ether oxygens (including phenoxy) is 1. The Balaban J connectivity index is 1.55. The summed E-state index contributed by atoms with van der Waals surface area (Å²) in [4.78, 5) is 0. The molecule has 0 aromatic heterocycles. The Morgan fingerprint density at radius 3 is 2.82 bits per heavy atom. The van der Waals surface area contributed by atoms with Crippen LogP contribution in [0, 0.1) is 11.8 Å². The average molecular weight is 235 g/mol. The molecule has 2 fully saturated rings. The summed E-state index contributed by atoms with van der Waals surface area (Å²) in [6, 6.07) is 0.837. The van der Waals surface area contributed by atoms with Gasteiger partial charge >= 0.3 is 0 Å². The van der Waals surface area contributed by atoms with Gasteiger partial charge in [-0.1, -0.05) is 12.2 Å². The van der Waals surface area contributed by atoms with Gasteiger partial charge in [-0.15, -0.1) is 0 Å². The van der Waals surface area contributed by atoms with Crippen LogP contribution >= 0.6 is 0 Å². The largest absolute Gasteiger partial charge is 0.378 e. The van der Waals surface area contributed by atoms with E-state index in [1.165, 1.54) is 51.5 Å². The van der Waals surface area contributed by atoms with Crippen LogP contribution < -0.4 is 5.32 Å². The molecule has 0 aromatic rings. The minimum absolute atomic E-state index is 0.528. The van der Waals surface area contributed by atoms with Crippen LogP contribution in [-0.4, -0.2) is 25.3 Å². The quantitative estimate of drug-likeness (QED) is 0.757. The van der Waals surface area contributed by atoms with E-state index < -0.39 is 0 Å². The summed E-state index contributed by atoms with van der Waals surface area (Å²) in [7, 11) is 0. The maximum absolute atomic E-state index is 6.11. The van der Waals surface area contributed by atoms with Crippen LogP contribution in [0.15, 0.2) is 12.2 Å². The SMILES string of the molecule is C1=CCC(C2OCCCC2CNC2CC2)CC1. The molecule has 1 N–H and O–H groups in total. The van der Waals surface area contributed by atoms with Gasteiger partial charge in [0.05, 0.1) is 6.10 Å². The van der Waals surface area contributed by atoms with Crippen LogP contribution in [-0.2, 0) is 4.74 Å². The number of rotatable bonds is 4. The molecule has 0 radical (unpaired) electrons. The molecule has 0 aromatic carbocycles. The lowest BCUT2D eigenvalue weighted by molar-refractivity contribution is -0.0618. The van der Waals surface area contributed by atoms with Gasteiger partial charge in [0, 0.05) is 19.2 Å². The van der Waals surface area contributed by atoms with Crippen molar-refractivity contribution in [3.05, 3.63) is 12.2 Å². The van der Waals surface area contributed by atoms with Gasteiger partial charge in [0.15, 0.2) is 0 Å². The number of allylic oxidation sites excluding steroid dienone is 2. The molecule has 17 heavy (non-hydrogen) atoms. The van der Waals surface area contributed by atoms with E-state index in [1.807, 2.05) is 0 Å². The van der Waals surface area contributed by atoms with Crippen LogP contribution in [0.2, 0.25) is 0 Å². The first-order valence-electron chi connectivity index (χ1n) is 7.43. The minimum atomic E-state index is 0.528. The van der Waals surface area contributed by atoms with Gasteiger partial charge < -0.3 is 10.1 Å². The highest BCUT2D eigenvalue weighted by Crippen LogP contribution is 2.33. The fourth-order valence-corrected chi connectivity index (χ4v) is 3.33. The lowest BCUT2D eigenvalue weighted by Crippen LogP contribution is -2.42. The summed E-state index contributed by atoms with van der Waals surface area (Å²) in [6.07, 6.45) is 14.5. The third kappa shape index (κ3) is 3.11. The zero-order chi connectivity index (χ0) is 11.5. The van der Waals surface area contributed by atoms with E-state index in [-0.39, 0.29) is 0 Å². The summed E-state index contributed by atoms with van der Waals surface area (Å²) in [5.41, 5.74) is 0. The molecule has 1 heterocycles. The Morgan fingerprint density at radius 2 is 2.06 bits per heavy atom. The van der Waals surface area contributed by atoms with Gasteiger partial charge in [0.2, 0.25) is 0 Å². The topological polar surface area (TPSA) is 21.3 Å². The van der Waals surface area contributed by atoms with Crippen molar-refractivity contribution in [2.45, 2.75) is 57.1 Å². The predicted molar refractivity (Wildman–Crippen MR) is 70.0 cm³/mol. The minimum Gasteiger partial charge on any atom is -0.378 e. The molecule has 3 aliphatic rings. The molecule has 2 nitrogen and oxygen atoms in total. The molecular weight excluding hydrogens is 210 g/mol. The van der Waals surface area contributed by atoms with Crippen molar-refractivity contribution in [1.29, 1.82) is 0 Å². The van der Waals surface area contributed by atoms with Crippen LogP contribution in [0.25, 0.3) is 0 Å². The van der Waals surface area contributed by atoms with E-state index in [2.05, 4.69) is 17.5 Å². The van der Waals surface area contributed by atoms with Gasteiger partial charge in [0.25, 0.3) is 0 Å². The molecule has 2 aliphatic carbocycles. The third-order valence-corrected chi connectivity index (χ3v) is 4.51. The molecule has 3 unspecified atom stereocenters. The van der Waals surface area contributed by atoms with Crippen molar-refractivity contribution in [3.8, 4) is 0 Å². The van der Waals surface area contributed by atoms with E-state index in [4.69, 9.17) is 4.74 Å². The second kappa shape index (κ2) is 5.53. The van der Waals surface area contributed by atoms with E-state index in [0.29, 0.717) is 6.10 Å². The molecule has 0 bridgehead atoms. The highest BCUT2D eigenvalue weighted by atomic mass is 16.5. The zero-order valence-electron chi connectivity index (χ0n) is 10.7. The Morgan fingerprint density at radius 1 is 1.12 bits per heavy atom. The second-order valence-electron chi connectivity index (χ2n) is 5.96. The van der Waals surface area contributed by atoms with Crippen molar-refractivity contribution >= 4 is 0 Å². The first-order chi connectivity index (χ1) is 8.43. The van der Waals surface area contributed by atoms with Gasteiger partial charge in [-0.2, -0.15) is 0 Å². The van der Waals surface area contributed by atoms with Crippen molar-refractivity contribution in [3.63, 3.8) is 0 Å². The van der Waals surface area contributed by atoms with E-state index in [0.717, 1.165) is 24.5 Å². The van der Waals surface area contributed by atoms with Gasteiger partial charge in [-0.05, 0) is 56.8 Å². The normalized spacial score (nSPS) is 38.2. The molecule has 0 spiro atoms. The molecule has 0 amide bonds. The molecule has 96 valence electrons. The molecule has 1 saturated heterocycles. The second-order valence-corrected chi connectivity index (χ2v) is 5.96. The summed E-state index contributed by atoms with van der Waals surface area (Å²) in [5.74, 6) is 1.55. The van der Waals surface area contributed by atoms with Crippen molar-refractivity contribution in [1.82, 2.24) is 5.32 Å². The first-order valence-corrected chi connectivity index (χ1v) is 7.43. The highest BCUT2D eigenvalue weighted by Gasteiger charge is 2.33. The molecular formula is C15H25NO. The molecule has 2 heteroatoms. The standard InChI is InChI=1S/C15H25NO/c1-2-5-12(6-3-1)15-13(7-4-10-17-15)11-16-14-8-9-14/h1-2,12-16H,3-11H2. The Kier molecular flexibility index (Phi) is 3.82. The lowest BCUT2D eigenvalue weighted by Gasteiger charge is -2.38. The van der Waals surface area contributed by atoms with E-state index in [9.17, 15) is 0 Å². The van der Waals surface area contributed by atoms with Crippen LogP contribution in [0.3, 0.4) is 0 Å². The van der Waals surface area contributed by atoms with Gasteiger partial charge in [-0.25, -0.2) is 0 Å². The Labute approximate surface area is 105 Å². The predicted octanol–water partition coefficient (Wildman–Crippen LogP) is 2.89. The zero-order valence-corrected chi connectivity index (χ0v) is 10.7. The Bertz CT molecular complexity index is 272. The first kappa shape index (κ1) is 11.7. The smallest absolute Gasteiger partial charge is 0.0646 e. The fraction of sp³-hybridized carbons (Fsp3) is 0.867. The lowest BCUT2D eigenvalue weighted by atomic mass is 9.80.